The fourth-order valence-electron chi connectivity index (χ4n) is 1.98. The van der Waals surface area contributed by atoms with Gasteiger partial charge < -0.3 is 9.90 Å². The van der Waals surface area contributed by atoms with Gasteiger partial charge in [0.05, 0.1) is 23.1 Å². The number of hydrogen-bond donors (Lipinski definition) is 0. The predicted molar refractivity (Wildman–Crippen MR) is 87.0 cm³/mol. The van der Waals surface area contributed by atoms with Crippen molar-refractivity contribution in [3.8, 4) is 0 Å². The second kappa shape index (κ2) is 6.85. The van der Waals surface area contributed by atoms with Gasteiger partial charge in [-0.2, -0.15) is 0 Å². The fourth-order valence-corrected chi connectivity index (χ4v) is 3.59. The quantitative estimate of drug-likeness (QED) is 0.747. The lowest BCUT2D eigenvalue weighted by Gasteiger charge is -2.23. The van der Waals surface area contributed by atoms with Crippen molar-refractivity contribution in [3.05, 3.63) is 71.8 Å². The molecule has 0 aromatic heterocycles. The Morgan fingerprint density at radius 2 is 1.87 bits per heavy atom. The van der Waals surface area contributed by atoms with Crippen LogP contribution in [0.3, 0.4) is 0 Å². The van der Waals surface area contributed by atoms with E-state index in [1.54, 1.807) is 24.3 Å². The molecule has 23 heavy (non-hydrogen) atoms. The summed E-state index contributed by atoms with van der Waals surface area (Å²) in [6.07, 6.45) is 1.44. The molecule has 0 spiro atoms. The molecule has 0 saturated heterocycles. The average molecular weight is 351 g/mol. The Hall–Kier alpha value is -2.31. The monoisotopic (exact) mass is 350 g/mol. The molecule has 0 saturated carbocycles. The molecule has 0 bridgehead atoms. The minimum Gasteiger partial charge on any atom is -0.545 e. The van der Waals surface area contributed by atoms with Gasteiger partial charge in [-0.15, -0.1) is 6.58 Å². The lowest BCUT2D eigenvalue weighted by molar-refractivity contribution is -0.255. The van der Waals surface area contributed by atoms with Crippen LogP contribution in [0.4, 0.5) is 5.69 Å². The number of carbonyl (C=O) groups is 1. The lowest BCUT2D eigenvalue weighted by atomic mass is 10.2. The highest BCUT2D eigenvalue weighted by molar-refractivity contribution is 7.92. The Bertz CT molecular complexity index is 831. The number of hydrogen-bond acceptors (Lipinski definition) is 4. The minimum absolute atomic E-state index is 0.0273. The molecule has 5 nitrogen and oxygen atoms in total. The predicted octanol–water partition coefficient (Wildman–Crippen LogP) is 2.08. The summed E-state index contributed by atoms with van der Waals surface area (Å²) in [5, 5.41) is 11.4. The molecule has 2 aromatic rings. The zero-order valence-electron chi connectivity index (χ0n) is 12.0. The van der Waals surface area contributed by atoms with E-state index in [0.717, 1.165) is 10.4 Å². The molecule has 0 aliphatic rings. The summed E-state index contributed by atoms with van der Waals surface area (Å²) >= 11 is 5.82. The normalized spacial score (nSPS) is 11.0. The Morgan fingerprint density at radius 3 is 2.43 bits per heavy atom. The van der Waals surface area contributed by atoms with Gasteiger partial charge in [0.2, 0.25) is 0 Å². The van der Waals surface area contributed by atoms with Crippen molar-refractivity contribution in [1.82, 2.24) is 0 Å². The van der Waals surface area contributed by atoms with Gasteiger partial charge in [-0.3, -0.25) is 4.31 Å². The zero-order chi connectivity index (χ0) is 17.0. The number of carboxylic acid groups (broad SMARTS) is 1. The van der Waals surface area contributed by atoms with Gasteiger partial charge in [0.25, 0.3) is 10.0 Å². The van der Waals surface area contributed by atoms with Crippen molar-refractivity contribution < 1.29 is 18.3 Å². The molecule has 0 atom stereocenters. The summed E-state index contributed by atoms with van der Waals surface area (Å²) in [5.74, 6) is -1.44. The van der Waals surface area contributed by atoms with Gasteiger partial charge in [0.15, 0.2) is 0 Å². The first-order valence-electron chi connectivity index (χ1n) is 6.57. The molecule has 0 heterocycles. The lowest BCUT2D eigenvalue weighted by Crippen LogP contribution is -2.31. The van der Waals surface area contributed by atoms with E-state index < -0.39 is 16.0 Å². The second-order valence-corrected chi connectivity index (χ2v) is 6.92. The van der Waals surface area contributed by atoms with Crippen LogP contribution in [0.25, 0.3) is 0 Å². The van der Waals surface area contributed by atoms with Gasteiger partial charge in [-0.1, -0.05) is 29.8 Å². The molecule has 120 valence electrons. The van der Waals surface area contributed by atoms with Crippen LogP contribution in [0.15, 0.2) is 66.1 Å². The fraction of sp³-hybridized carbons (Fsp3) is 0.0625. The van der Waals surface area contributed by atoms with Gasteiger partial charge >= 0.3 is 0 Å². The number of carboxylic acids is 1. The highest BCUT2D eigenvalue weighted by Gasteiger charge is 2.24. The summed E-state index contributed by atoms with van der Waals surface area (Å²) in [6.45, 7) is 3.59. The first-order chi connectivity index (χ1) is 10.9. The maximum atomic E-state index is 12.8. The Morgan fingerprint density at radius 1 is 1.22 bits per heavy atom. The van der Waals surface area contributed by atoms with E-state index in [0.29, 0.717) is 10.7 Å². The summed E-state index contributed by atoms with van der Waals surface area (Å²) in [6, 6.07) is 11.3. The van der Waals surface area contributed by atoms with Gasteiger partial charge in [-0.25, -0.2) is 8.42 Å². The number of rotatable bonds is 6. The maximum absolute atomic E-state index is 12.8. The smallest absolute Gasteiger partial charge is 0.264 e. The third-order valence-electron chi connectivity index (χ3n) is 3.07. The number of carbonyl (C=O) groups excluding carboxylic acids is 1. The molecule has 2 aromatic carbocycles. The summed E-state index contributed by atoms with van der Waals surface area (Å²) in [5.41, 5.74) is 0.189. The molecule has 0 radical (unpaired) electrons. The van der Waals surface area contributed by atoms with E-state index in [-0.39, 0.29) is 17.0 Å². The van der Waals surface area contributed by atoms with Crippen LogP contribution >= 0.6 is 11.6 Å². The van der Waals surface area contributed by atoms with Gasteiger partial charge in [0.1, 0.15) is 0 Å². The Balaban J connectivity index is 2.52. The third-order valence-corrected chi connectivity index (χ3v) is 5.11. The molecule has 0 amide bonds. The number of aromatic carboxylic acids is 1. The highest BCUT2D eigenvalue weighted by Crippen LogP contribution is 2.25. The van der Waals surface area contributed by atoms with E-state index in [4.69, 9.17) is 11.6 Å². The van der Waals surface area contributed by atoms with E-state index in [1.807, 2.05) is 0 Å². The van der Waals surface area contributed by atoms with Crippen molar-refractivity contribution >= 4 is 33.3 Å². The van der Waals surface area contributed by atoms with Gasteiger partial charge in [-0.05, 0) is 42.0 Å². The van der Waals surface area contributed by atoms with Crippen molar-refractivity contribution in [3.63, 3.8) is 0 Å². The second-order valence-electron chi connectivity index (χ2n) is 4.62. The summed E-state index contributed by atoms with van der Waals surface area (Å²) < 4.78 is 26.7. The zero-order valence-corrected chi connectivity index (χ0v) is 13.5. The molecule has 2 rings (SSSR count). The number of nitrogens with zero attached hydrogens (tertiary/aromatic N) is 1. The van der Waals surface area contributed by atoms with Crippen molar-refractivity contribution in [2.24, 2.45) is 0 Å². The van der Waals surface area contributed by atoms with Crippen LogP contribution < -0.4 is 9.41 Å². The minimum atomic E-state index is -3.96. The van der Waals surface area contributed by atoms with Crippen molar-refractivity contribution in [2.45, 2.75) is 4.90 Å². The Kier molecular flexibility index (Phi) is 5.08. The molecular weight excluding hydrogens is 338 g/mol. The standard InChI is InChI=1S/C16H14ClNO4S/c1-2-10-18(14-8-6-13(17)7-9-14)23(21,22)15-5-3-4-12(11-15)16(19)20/h2-9,11H,1,10H2,(H,19,20)/p-1. The largest absolute Gasteiger partial charge is 0.545 e. The molecule has 0 fully saturated rings. The van der Waals surface area contributed by atoms with Crippen LogP contribution in [0.2, 0.25) is 5.02 Å². The van der Waals surface area contributed by atoms with E-state index in [1.165, 1.54) is 24.3 Å². The molecule has 0 aliphatic heterocycles. The van der Waals surface area contributed by atoms with E-state index in [2.05, 4.69) is 6.58 Å². The van der Waals surface area contributed by atoms with Crippen LogP contribution in [0.5, 0.6) is 0 Å². The maximum Gasteiger partial charge on any atom is 0.264 e. The SMILES string of the molecule is C=CCN(c1ccc(Cl)cc1)S(=O)(=O)c1cccc(C(=O)[O-])c1. The molecule has 0 unspecified atom stereocenters. The van der Waals surface area contributed by atoms with Crippen molar-refractivity contribution in [1.29, 1.82) is 0 Å². The summed E-state index contributed by atoms with van der Waals surface area (Å²) in [7, 11) is -3.96. The Labute approximate surface area is 139 Å². The number of benzene rings is 2. The highest BCUT2D eigenvalue weighted by atomic mass is 35.5. The molecule has 0 aliphatic carbocycles. The summed E-state index contributed by atoms with van der Waals surface area (Å²) in [4.78, 5) is 10.8. The molecular formula is C16H13ClNO4S-. The number of halogens is 1. The first kappa shape index (κ1) is 17.1. The van der Waals surface area contributed by atoms with Gasteiger partial charge in [0, 0.05) is 5.02 Å². The topological polar surface area (TPSA) is 77.5 Å². The molecule has 7 heteroatoms. The van der Waals surface area contributed by atoms with E-state index >= 15 is 0 Å². The average Bonchev–Trinajstić information content (AvgIpc) is 2.53. The van der Waals surface area contributed by atoms with E-state index in [9.17, 15) is 18.3 Å². The van der Waals surface area contributed by atoms with Crippen LogP contribution in [-0.2, 0) is 10.0 Å². The molecule has 0 N–H and O–H groups in total. The van der Waals surface area contributed by atoms with Crippen molar-refractivity contribution in [2.75, 3.05) is 10.8 Å². The number of anilines is 1. The first-order valence-corrected chi connectivity index (χ1v) is 8.38. The van der Waals surface area contributed by atoms with Crippen LogP contribution in [0.1, 0.15) is 10.4 Å². The van der Waals surface area contributed by atoms with Crippen LogP contribution in [-0.4, -0.2) is 20.9 Å². The third kappa shape index (κ3) is 3.72. The number of sulfonamides is 1. The van der Waals surface area contributed by atoms with Crippen LogP contribution in [0, 0.1) is 0 Å².